The van der Waals surface area contributed by atoms with Gasteiger partial charge in [0.05, 0.1) is 25.0 Å². The lowest BCUT2D eigenvalue weighted by Crippen LogP contribution is -3.12. The van der Waals surface area contributed by atoms with E-state index in [4.69, 9.17) is 0 Å². The van der Waals surface area contributed by atoms with Gasteiger partial charge in [0, 0.05) is 0 Å². The Morgan fingerprint density at radius 1 is 1.27 bits per heavy atom. The van der Waals surface area contributed by atoms with Crippen molar-refractivity contribution in [1.29, 1.82) is 0 Å². The molecule has 0 aromatic heterocycles. The third-order valence-electron chi connectivity index (χ3n) is 2.02. The number of aldehydes is 1. The van der Waals surface area contributed by atoms with Gasteiger partial charge in [-0.3, -0.25) is 0 Å². The summed E-state index contributed by atoms with van der Waals surface area (Å²) in [6.45, 7) is 11.4. The van der Waals surface area contributed by atoms with Crippen LogP contribution in [0.1, 0.15) is 27.7 Å². The van der Waals surface area contributed by atoms with Crippen LogP contribution in [0.2, 0.25) is 0 Å². The molecule has 0 fully saturated rings. The SMILES string of the molecule is CC[NH+](CC)CC(C)(C)C=O. The Morgan fingerprint density at radius 3 is 2.00 bits per heavy atom. The van der Waals surface area contributed by atoms with Gasteiger partial charge in [-0.2, -0.15) is 0 Å². The van der Waals surface area contributed by atoms with Crippen LogP contribution in [0, 0.1) is 5.41 Å². The van der Waals surface area contributed by atoms with Crippen LogP contribution in [0.5, 0.6) is 0 Å². The maximum absolute atomic E-state index is 10.6. The highest BCUT2D eigenvalue weighted by molar-refractivity contribution is 5.57. The van der Waals surface area contributed by atoms with Gasteiger partial charge < -0.3 is 9.69 Å². The Kier molecular flexibility index (Phi) is 4.34. The molecule has 0 bridgehead atoms. The lowest BCUT2D eigenvalue weighted by molar-refractivity contribution is -0.901. The first-order valence-corrected chi connectivity index (χ1v) is 4.35. The van der Waals surface area contributed by atoms with E-state index in [0.717, 1.165) is 25.9 Å². The first-order chi connectivity index (χ1) is 5.05. The second-order valence-corrected chi connectivity index (χ2v) is 3.74. The molecule has 0 rings (SSSR count). The van der Waals surface area contributed by atoms with E-state index in [1.165, 1.54) is 4.90 Å². The Morgan fingerprint density at radius 2 is 1.73 bits per heavy atom. The van der Waals surface area contributed by atoms with Crippen molar-refractivity contribution in [3.63, 3.8) is 0 Å². The highest BCUT2D eigenvalue weighted by Crippen LogP contribution is 2.05. The molecule has 1 N–H and O–H groups in total. The molecule has 0 aliphatic heterocycles. The predicted octanol–water partition coefficient (Wildman–Crippen LogP) is 0.136. The third kappa shape index (κ3) is 4.14. The molecule has 0 aromatic carbocycles. The fourth-order valence-corrected chi connectivity index (χ4v) is 1.19. The number of quaternary nitrogens is 1. The number of hydrogen-bond acceptors (Lipinski definition) is 1. The summed E-state index contributed by atoms with van der Waals surface area (Å²) in [5, 5.41) is 0. The van der Waals surface area contributed by atoms with E-state index < -0.39 is 0 Å². The fraction of sp³-hybridized carbons (Fsp3) is 0.889. The van der Waals surface area contributed by atoms with E-state index in [0.29, 0.717) is 0 Å². The van der Waals surface area contributed by atoms with Gasteiger partial charge in [0.2, 0.25) is 0 Å². The van der Waals surface area contributed by atoms with Crippen molar-refractivity contribution in [3.05, 3.63) is 0 Å². The van der Waals surface area contributed by atoms with Gasteiger partial charge in [-0.1, -0.05) is 0 Å². The van der Waals surface area contributed by atoms with Crippen LogP contribution in [0.3, 0.4) is 0 Å². The van der Waals surface area contributed by atoms with E-state index in [-0.39, 0.29) is 5.41 Å². The van der Waals surface area contributed by atoms with Gasteiger partial charge in [0.15, 0.2) is 0 Å². The highest BCUT2D eigenvalue weighted by Gasteiger charge is 2.21. The summed E-state index contributed by atoms with van der Waals surface area (Å²) in [5.74, 6) is 0. The van der Waals surface area contributed by atoms with Gasteiger partial charge in [0.25, 0.3) is 0 Å². The topological polar surface area (TPSA) is 21.5 Å². The Labute approximate surface area is 69.6 Å². The van der Waals surface area contributed by atoms with E-state index >= 15 is 0 Å². The van der Waals surface area contributed by atoms with Crippen molar-refractivity contribution < 1.29 is 9.69 Å². The molecule has 0 amide bonds. The zero-order chi connectivity index (χ0) is 8.91. The summed E-state index contributed by atoms with van der Waals surface area (Å²) in [6.07, 6.45) is 1.05. The quantitative estimate of drug-likeness (QED) is 0.565. The molecule has 11 heavy (non-hydrogen) atoms. The first kappa shape index (κ1) is 10.6. The molecule has 0 atom stereocenters. The van der Waals surface area contributed by atoms with E-state index in [9.17, 15) is 4.79 Å². The number of nitrogens with one attached hydrogen (secondary N) is 1. The number of rotatable bonds is 5. The monoisotopic (exact) mass is 158 g/mol. The molecule has 0 unspecified atom stereocenters. The molecule has 0 radical (unpaired) electrons. The summed E-state index contributed by atoms with van der Waals surface area (Å²) in [6, 6.07) is 0. The molecule has 2 nitrogen and oxygen atoms in total. The van der Waals surface area contributed by atoms with E-state index in [2.05, 4.69) is 13.8 Å². The minimum absolute atomic E-state index is 0.151. The smallest absolute Gasteiger partial charge is 0.131 e. The molecule has 0 heterocycles. The van der Waals surface area contributed by atoms with Gasteiger partial charge in [0.1, 0.15) is 6.29 Å². The Hall–Kier alpha value is -0.370. The Bertz CT molecular complexity index is 117. The zero-order valence-electron chi connectivity index (χ0n) is 8.11. The molecule has 0 aromatic rings. The minimum Gasteiger partial charge on any atom is -0.335 e. The highest BCUT2D eigenvalue weighted by atomic mass is 16.1. The van der Waals surface area contributed by atoms with Crippen LogP contribution in [0.15, 0.2) is 0 Å². The zero-order valence-corrected chi connectivity index (χ0v) is 8.11. The lowest BCUT2D eigenvalue weighted by Gasteiger charge is -2.23. The van der Waals surface area contributed by atoms with Crippen LogP contribution in [0.25, 0.3) is 0 Å². The number of carbonyl (C=O) groups is 1. The summed E-state index contributed by atoms with van der Waals surface area (Å²) in [5.41, 5.74) is -0.151. The van der Waals surface area contributed by atoms with Crippen molar-refractivity contribution in [2.45, 2.75) is 27.7 Å². The second-order valence-electron chi connectivity index (χ2n) is 3.74. The van der Waals surface area contributed by atoms with E-state index in [1.807, 2.05) is 13.8 Å². The average molecular weight is 158 g/mol. The average Bonchev–Trinajstić information content (AvgIpc) is 2.00. The third-order valence-corrected chi connectivity index (χ3v) is 2.02. The molecule has 0 spiro atoms. The number of hydrogen-bond donors (Lipinski definition) is 1. The van der Waals surface area contributed by atoms with Crippen LogP contribution in [-0.4, -0.2) is 25.9 Å². The molecule has 66 valence electrons. The van der Waals surface area contributed by atoms with Gasteiger partial charge in [-0.15, -0.1) is 0 Å². The second kappa shape index (κ2) is 4.50. The minimum atomic E-state index is -0.151. The molecule has 0 aliphatic carbocycles. The molecule has 2 heteroatoms. The van der Waals surface area contributed by atoms with Crippen LogP contribution in [-0.2, 0) is 4.79 Å². The number of carbonyl (C=O) groups excluding carboxylic acids is 1. The predicted molar refractivity (Wildman–Crippen MR) is 46.8 cm³/mol. The summed E-state index contributed by atoms with van der Waals surface area (Å²) < 4.78 is 0. The normalized spacial score (nSPS) is 12.1. The van der Waals surface area contributed by atoms with Crippen molar-refractivity contribution >= 4 is 6.29 Å². The maximum atomic E-state index is 10.6. The van der Waals surface area contributed by atoms with Crippen molar-refractivity contribution in [1.82, 2.24) is 0 Å². The standard InChI is InChI=1S/C9H19NO/c1-5-10(6-2)7-9(3,4)8-11/h8H,5-7H2,1-4H3/p+1. The maximum Gasteiger partial charge on any atom is 0.131 e. The first-order valence-electron chi connectivity index (χ1n) is 4.35. The molecular weight excluding hydrogens is 138 g/mol. The lowest BCUT2D eigenvalue weighted by atomic mass is 9.95. The van der Waals surface area contributed by atoms with Crippen molar-refractivity contribution in [3.8, 4) is 0 Å². The molecular formula is C9H20NO+. The fourth-order valence-electron chi connectivity index (χ4n) is 1.19. The Balaban J connectivity index is 3.88. The van der Waals surface area contributed by atoms with Gasteiger partial charge in [-0.05, 0) is 27.7 Å². The van der Waals surface area contributed by atoms with Gasteiger partial charge in [-0.25, -0.2) is 0 Å². The van der Waals surface area contributed by atoms with Crippen molar-refractivity contribution in [2.75, 3.05) is 19.6 Å². The summed E-state index contributed by atoms with van der Waals surface area (Å²) in [7, 11) is 0. The largest absolute Gasteiger partial charge is 0.335 e. The summed E-state index contributed by atoms with van der Waals surface area (Å²) in [4.78, 5) is 12.1. The van der Waals surface area contributed by atoms with Crippen molar-refractivity contribution in [2.24, 2.45) is 5.41 Å². The molecule has 0 saturated carbocycles. The van der Waals surface area contributed by atoms with Crippen LogP contribution < -0.4 is 4.90 Å². The molecule has 0 saturated heterocycles. The van der Waals surface area contributed by atoms with Crippen LogP contribution in [0.4, 0.5) is 0 Å². The van der Waals surface area contributed by atoms with Crippen LogP contribution >= 0.6 is 0 Å². The van der Waals surface area contributed by atoms with E-state index in [1.54, 1.807) is 0 Å². The summed E-state index contributed by atoms with van der Waals surface area (Å²) >= 11 is 0. The van der Waals surface area contributed by atoms with Gasteiger partial charge >= 0.3 is 0 Å². The molecule has 0 aliphatic rings.